The second kappa shape index (κ2) is 7.39. The van der Waals surface area contributed by atoms with Crippen molar-refractivity contribution in [2.45, 2.75) is 65.7 Å². The fourth-order valence-corrected chi connectivity index (χ4v) is 3.34. The molecule has 0 aromatic carbocycles. The molecule has 106 valence electrons. The van der Waals surface area contributed by atoms with Gasteiger partial charge in [-0.1, -0.05) is 27.2 Å². The van der Waals surface area contributed by atoms with Crippen molar-refractivity contribution in [2.75, 3.05) is 11.5 Å². The summed E-state index contributed by atoms with van der Waals surface area (Å²) in [5.41, 5.74) is 0. The van der Waals surface area contributed by atoms with E-state index in [9.17, 15) is 4.79 Å². The van der Waals surface area contributed by atoms with Crippen LogP contribution in [0.15, 0.2) is 0 Å². The van der Waals surface area contributed by atoms with E-state index in [0.717, 1.165) is 24.3 Å². The molecule has 1 N–H and O–H groups in total. The number of carbonyl (C=O) groups is 1. The number of hydrogen-bond acceptors (Lipinski definition) is 3. The van der Waals surface area contributed by atoms with Crippen molar-refractivity contribution in [3.63, 3.8) is 0 Å². The Hall–Kier alpha value is -0.220. The molecule has 4 atom stereocenters. The summed E-state index contributed by atoms with van der Waals surface area (Å²) < 4.78 is 0. The van der Waals surface area contributed by atoms with Crippen molar-refractivity contribution >= 4 is 17.7 Å². The van der Waals surface area contributed by atoms with Gasteiger partial charge in [-0.25, -0.2) is 0 Å². The lowest BCUT2D eigenvalue weighted by atomic mass is 9.99. The van der Waals surface area contributed by atoms with Crippen LogP contribution >= 0.6 is 11.8 Å². The third-order valence-corrected chi connectivity index (χ3v) is 4.86. The van der Waals surface area contributed by atoms with Crippen LogP contribution < -0.4 is 5.32 Å². The predicted molar refractivity (Wildman–Crippen MR) is 79.8 cm³/mol. The minimum atomic E-state index is 0.0197. The fraction of sp³-hybridized carbons (Fsp3) is 0.929. The minimum absolute atomic E-state index is 0.0197. The van der Waals surface area contributed by atoms with Crippen molar-refractivity contribution in [1.82, 2.24) is 10.2 Å². The maximum Gasteiger partial charge on any atom is 0.241 e. The summed E-state index contributed by atoms with van der Waals surface area (Å²) in [5, 5.41) is 3.45. The van der Waals surface area contributed by atoms with Gasteiger partial charge < -0.3 is 4.90 Å². The molecule has 1 aliphatic rings. The first kappa shape index (κ1) is 15.8. The number of rotatable bonds is 7. The first-order chi connectivity index (χ1) is 8.52. The molecule has 1 amide bonds. The van der Waals surface area contributed by atoms with Gasteiger partial charge in [0.2, 0.25) is 5.91 Å². The summed E-state index contributed by atoms with van der Waals surface area (Å²) in [6, 6.07) is 0.361. The molecule has 1 heterocycles. The zero-order chi connectivity index (χ0) is 13.7. The molecule has 1 aliphatic heterocycles. The zero-order valence-electron chi connectivity index (χ0n) is 12.4. The van der Waals surface area contributed by atoms with Crippen LogP contribution in [0.4, 0.5) is 0 Å². The van der Waals surface area contributed by atoms with Crippen LogP contribution in [-0.2, 0) is 4.79 Å². The highest BCUT2D eigenvalue weighted by atomic mass is 32.2. The van der Waals surface area contributed by atoms with Crippen LogP contribution in [0.1, 0.15) is 47.5 Å². The van der Waals surface area contributed by atoms with E-state index in [-0.39, 0.29) is 12.2 Å². The molecule has 3 nitrogen and oxygen atoms in total. The minimum Gasteiger partial charge on any atom is -0.323 e. The summed E-state index contributed by atoms with van der Waals surface area (Å²) >= 11 is 1.95. The van der Waals surface area contributed by atoms with Gasteiger partial charge in [-0.05, 0) is 37.7 Å². The highest BCUT2D eigenvalue weighted by molar-refractivity contribution is 7.99. The number of nitrogens with one attached hydrogen (secondary N) is 1. The van der Waals surface area contributed by atoms with Gasteiger partial charge in [-0.2, -0.15) is 11.8 Å². The highest BCUT2D eigenvalue weighted by Gasteiger charge is 2.40. The maximum absolute atomic E-state index is 12.4. The maximum atomic E-state index is 12.4. The van der Waals surface area contributed by atoms with Gasteiger partial charge in [0, 0.05) is 6.04 Å². The third kappa shape index (κ3) is 3.64. The van der Waals surface area contributed by atoms with Gasteiger partial charge in [-0.3, -0.25) is 10.1 Å². The van der Waals surface area contributed by atoms with Crippen LogP contribution in [-0.4, -0.2) is 40.6 Å². The summed E-state index contributed by atoms with van der Waals surface area (Å²) in [6.45, 7) is 10.8. The number of carbonyl (C=O) groups excluding carboxylic acids is 1. The molecule has 1 rings (SSSR count). The molecule has 0 aliphatic carbocycles. The van der Waals surface area contributed by atoms with E-state index in [1.165, 1.54) is 0 Å². The molecule has 0 saturated carbocycles. The van der Waals surface area contributed by atoms with Crippen molar-refractivity contribution < 1.29 is 4.79 Å². The lowest BCUT2D eigenvalue weighted by Crippen LogP contribution is -2.42. The Morgan fingerprint density at radius 1 is 1.39 bits per heavy atom. The average molecular weight is 272 g/mol. The average Bonchev–Trinajstić information content (AvgIpc) is 2.64. The Kier molecular flexibility index (Phi) is 6.50. The molecule has 1 fully saturated rings. The summed E-state index contributed by atoms with van der Waals surface area (Å²) in [6.07, 6.45) is 2.31. The standard InChI is InChI=1S/C14H28N2OS/c1-6-10(3)13-14(17)16(12(5)15-13)11(4)8-9-18-7-2/h10-13,15H,6-9H2,1-5H3. The predicted octanol–water partition coefficient (Wildman–Crippen LogP) is 2.71. The lowest BCUT2D eigenvalue weighted by Gasteiger charge is -2.28. The third-order valence-electron chi connectivity index (χ3n) is 3.93. The first-order valence-corrected chi connectivity index (χ1v) is 8.34. The van der Waals surface area contributed by atoms with Gasteiger partial charge in [0.1, 0.15) is 0 Å². The van der Waals surface area contributed by atoms with Crippen LogP contribution in [0.2, 0.25) is 0 Å². The molecular weight excluding hydrogens is 244 g/mol. The van der Waals surface area contributed by atoms with Crippen LogP contribution in [0.3, 0.4) is 0 Å². The SMILES string of the molecule is CCSCCC(C)N1C(=O)C(C(C)CC)NC1C. The van der Waals surface area contributed by atoms with Crippen LogP contribution in [0, 0.1) is 5.92 Å². The van der Waals surface area contributed by atoms with E-state index in [1.54, 1.807) is 0 Å². The normalized spacial score (nSPS) is 27.6. The zero-order valence-corrected chi connectivity index (χ0v) is 13.2. The quantitative estimate of drug-likeness (QED) is 0.723. The molecular formula is C14H28N2OS. The van der Waals surface area contributed by atoms with E-state index in [2.05, 4.69) is 39.9 Å². The largest absolute Gasteiger partial charge is 0.323 e. The van der Waals surface area contributed by atoms with Crippen molar-refractivity contribution in [2.24, 2.45) is 5.92 Å². The smallest absolute Gasteiger partial charge is 0.241 e. The van der Waals surface area contributed by atoms with Crippen molar-refractivity contribution in [1.29, 1.82) is 0 Å². The van der Waals surface area contributed by atoms with E-state index in [1.807, 2.05) is 16.7 Å². The molecule has 0 bridgehead atoms. The monoisotopic (exact) mass is 272 g/mol. The number of hydrogen-bond donors (Lipinski definition) is 1. The lowest BCUT2D eigenvalue weighted by molar-refractivity contribution is -0.132. The second-order valence-electron chi connectivity index (χ2n) is 5.29. The van der Waals surface area contributed by atoms with Gasteiger partial charge in [0.15, 0.2) is 0 Å². The van der Waals surface area contributed by atoms with E-state index >= 15 is 0 Å². The molecule has 0 radical (unpaired) electrons. The van der Waals surface area contributed by atoms with Crippen LogP contribution in [0.5, 0.6) is 0 Å². The van der Waals surface area contributed by atoms with E-state index in [0.29, 0.717) is 17.9 Å². The summed E-state index contributed by atoms with van der Waals surface area (Å²) in [5.74, 6) is 3.01. The molecule has 18 heavy (non-hydrogen) atoms. The van der Waals surface area contributed by atoms with Gasteiger partial charge in [0.25, 0.3) is 0 Å². The van der Waals surface area contributed by atoms with Gasteiger partial charge >= 0.3 is 0 Å². The molecule has 1 saturated heterocycles. The Morgan fingerprint density at radius 3 is 2.61 bits per heavy atom. The van der Waals surface area contributed by atoms with Gasteiger partial charge in [-0.15, -0.1) is 0 Å². The summed E-state index contributed by atoms with van der Waals surface area (Å²) in [7, 11) is 0. The van der Waals surface area contributed by atoms with E-state index < -0.39 is 0 Å². The topological polar surface area (TPSA) is 32.3 Å². The Morgan fingerprint density at radius 2 is 2.06 bits per heavy atom. The number of thioether (sulfide) groups is 1. The number of nitrogens with zero attached hydrogens (tertiary/aromatic N) is 1. The highest BCUT2D eigenvalue weighted by Crippen LogP contribution is 2.23. The fourth-order valence-electron chi connectivity index (χ4n) is 2.54. The molecule has 0 aromatic heterocycles. The Balaban J connectivity index is 2.57. The van der Waals surface area contributed by atoms with E-state index in [4.69, 9.17) is 0 Å². The van der Waals surface area contributed by atoms with Gasteiger partial charge in [0.05, 0.1) is 12.2 Å². The summed E-state index contributed by atoms with van der Waals surface area (Å²) in [4.78, 5) is 14.5. The second-order valence-corrected chi connectivity index (χ2v) is 6.68. The molecule has 0 aromatic rings. The van der Waals surface area contributed by atoms with Crippen LogP contribution in [0.25, 0.3) is 0 Å². The number of amides is 1. The van der Waals surface area contributed by atoms with Crippen molar-refractivity contribution in [3.05, 3.63) is 0 Å². The first-order valence-electron chi connectivity index (χ1n) is 7.18. The molecule has 0 spiro atoms. The Labute approximate surface area is 116 Å². The van der Waals surface area contributed by atoms with Crippen molar-refractivity contribution in [3.8, 4) is 0 Å². The molecule has 4 heteroatoms. The Bertz CT molecular complexity index is 273. The molecule has 4 unspecified atom stereocenters.